The van der Waals surface area contributed by atoms with Gasteiger partial charge in [-0.1, -0.05) is 6.07 Å². The van der Waals surface area contributed by atoms with Gasteiger partial charge in [-0.3, -0.25) is 14.5 Å². The Kier molecular flexibility index (Phi) is 3.25. The third-order valence-electron chi connectivity index (χ3n) is 5.54. The monoisotopic (exact) mass is 313 g/mol. The van der Waals surface area contributed by atoms with Crippen molar-refractivity contribution in [3.8, 4) is 0 Å². The van der Waals surface area contributed by atoms with Crippen molar-refractivity contribution in [1.29, 1.82) is 0 Å². The Labute approximate surface area is 134 Å². The molecule has 2 bridgehead atoms. The van der Waals surface area contributed by atoms with Gasteiger partial charge in [0.25, 0.3) is 0 Å². The van der Waals surface area contributed by atoms with E-state index in [1.807, 2.05) is 0 Å². The van der Waals surface area contributed by atoms with Crippen LogP contribution >= 0.6 is 0 Å². The Hall–Kier alpha value is -2.17. The fourth-order valence-electron chi connectivity index (χ4n) is 4.65. The SMILES string of the molecule is CCOC(=O)c1cccc(N2C(=O)[C@@H]3[C@H]4CC[C@@H](C4)[C@H]3C2=O)c1. The molecule has 3 aliphatic rings. The predicted octanol–water partition coefficient (Wildman–Crippen LogP) is 2.40. The Balaban J connectivity index is 1.66. The number of carbonyl (C=O) groups is 3. The molecule has 2 amide bonds. The van der Waals surface area contributed by atoms with Gasteiger partial charge >= 0.3 is 5.97 Å². The summed E-state index contributed by atoms with van der Waals surface area (Å²) in [5, 5.41) is 0. The van der Waals surface area contributed by atoms with Gasteiger partial charge < -0.3 is 4.74 Å². The zero-order chi connectivity index (χ0) is 16.1. The maximum Gasteiger partial charge on any atom is 0.338 e. The lowest BCUT2D eigenvalue weighted by Crippen LogP contribution is -2.32. The fraction of sp³-hybridized carbons (Fsp3) is 0.500. The number of amides is 2. The molecule has 1 heterocycles. The topological polar surface area (TPSA) is 63.7 Å². The number of nitrogens with zero attached hydrogens (tertiary/aromatic N) is 1. The average Bonchev–Trinajstić information content (AvgIpc) is 3.22. The first-order valence-electron chi connectivity index (χ1n) is 8.26. The molecular formula is C18H19NO4. The third kappa shape index (κ3) is 2.02. The summed E-state index contributed by atoms with van der Waals surface area (Å²) in [4.78, 5) is 38.7. The van der Waals surface area contributed by atoms with Crippen LogP contribution in [0.3, 0.4) is 0 Å². The van der Waals surface area contributed by atoms with E-state index in [1.54, 1.807) is 31.2 Å². The smallest absolute Gasteiger partial charge is 0.338 e. The van der Waals surface area contributed by atoms with Crippen molar-refractivity contribution in [3.63, 3.8) is 0 Å². The fourth-order valence-corrected chi connectivity index (χ4v) is 4.65. The standard InChI is InChI=1S/C18H19NO4/c1-2-23-18(22)12-4-3-5-13(9-12)19-16(20)14-10-6-7-11(8-10)15(14)17(19)21/h3-5,9-11,14-15H,2,6-8H2,1H3/t10-,11-,14+,15+/m0/s1. The van der Waals surface area contributed by atoms with Crippen LogP contribution in [0.4, 0.5) is 5.69 Å². The second kappa shape index (κ2) is 5.18. The van der Waals surface area contributed by atoms with Crippen molar-refractivity contribution in [2.75, 3.05) is 11.5 Å². The van der Waals surface area contributed by atoms with Crippen LogP contribution in [0.1, 0.15) is 36.5 Å². The van der Waals surface area contributed by atoms with E-state index in [0.717, 1.165) is 19.3 Å². The lowest BCUT2D eigenvalue weighted by Gasteiger charge is -2.19. The van der Waals surface area contributed by atoms with Crippen LogP contribution < -0.4 is 4.90 Å². The summed E-state index contributed by atoms with van der Waals surface area (Å²) in [7, 11) is 0. The molecule has 1 aromatic carbocycles. The minimum atomic E-state index is -0.436. The van der Waals surface area contributed by atoms with E-state index in [1.165, 1.54) is 4.90 Å². The zero-order valence-electron chi connectivity index (χ0n) is 13.0. The number of benzene rings is 1. The molecule has 5 heteroatoms. The summed E-state index contributed by atoms with van der Waals surface area (Å²) in [6, 6.07) is 6.61. The van der Waals surface area contributed by atoms with Crippen LogP contribution in [0.15, 0.2) is 24.3 Å². The van der Waals surface area contributed by atoms with Crippen molar-refractivity contribution >= 4 is 23.5 Å². The molecule has 23 heavy (non-hydrogen) atoms. The van der Waals surface area contributed by atoms with Gasteiger partial charge in [0, 0.05) is 0 Å². The summed E-state index contributed by atoms with van der Waals surface area (Å²) in [5.41, 5.74) is 0.851. The maximum absolute atomic E-state index is 12.8. The quantitative estimate of drug-likeness (QED) is 0.635. The number of hydrogen-bond donors (Lipinski definition) is 0. The Morgan fingerprint density at radius 3 is 2.43 bits per heavy atom. The summed E-state index contributed by atoms with van der Waals surface area (Å²) in [5.74, 6) is -0.186. The number of rotatable bonds is 3. The van der Waals surface area contributed by atoms with Crippen LogP contribution in [-0.2, 0) is 14.3 Å². The molecule has 1 aliphatic heterocycles. The van der Waals surface area contributed by atoms with Gasteiger partial charge in [0.05, 0.1) is 29.7 Å². The van der Waals surface area contributed by atoms with E-state index in [2.05, 4.69) is 0 Å². The Bertz CT molecular complexity index is 670. The molecular weight excluding hydrogens is 294 g/mol. The van der Waals surface area contributed by atoms with Gasteiger partial charge in [0.1, 0.15) is 0 Å². The normalized spacial score (nSPS) is 31.6. The van der Waals surface area contributed by atoms with E-state index in [0.29, 0.717) is 23.1 Å². The van der Waals surface area contributed by atoms with Gasteiger partial charge in [-0.2, -0.15) is 0 Å². The first kappa shape index (κ1) is 14.4. The van der Waals surface area contributed by atoms with Gasteiger partial charge in [-0.25, -0.2) is 4.79 Å². The summed E-state index contributed by atoms with van der Waals surface area (Å²) >= 11 is 0. The number of esters is 1. The van der Waals surface area contributed by atoms with Gasteiger partial charge in [0.15, 0.2) is 0 Å². The van der Waals surface area contributed by atoms with Crippen LogP contribution in [0.25, 0.3) is 0 Å². The van der Waals surface area contributed by atoms with E-state index in [4.69, 9.17) is 4.74 Å². The molecule has 1 aromatic rings. The number of hydrogen-bond acceptors (Lipinski definition) is 4. The van der Waals surface area contributed by atoms with Crippen molar-refractivity contribution in [1.82, 2.24) is 0 Å². The molecule has 4 atom stereocenters. The maximum atomic E-state index is 12.8. The molecule has 2 saturated carbocycles. The number of anilines is 1. The van der Waals surface area contributed by atoms with Gasteiger partial charge in [-0.15, -0.1) is 0 Å². The van der Waals surface area contributed by atoms with Crippen LogP contribution in [0.5, 0.6) is 0 Å². The largest absolute Gasteiger partial charge is 0.462 e. The minimum absolute atomic E-state index is 0.0896. The first-order valence-corrected chi connectivity index (χ1v) is 8.26. The molecule has 4 rings (SSSR count). The van der Waals surface area contributed by atoms with E-state index in [9.17, 15) is 14.4 Å². The molecule has 0 radical (unpaired) electrons. The number of carbonyl (C=O) groups excluding carboxylic acids is 3. The lowest BCUT2D eigenvalue weighted by molar-refractivity contribution is -0.123. The molecule has 0 unspecified atom stereocenters. The molecule has 3 fully saturated rings. The van der Waals surface area contributed by atoms with Gasteiger partial charge in [-0.05, 0) is 56.2 Å². The Morgan fingerprint density at radius 2 is 1.83 bits per heavy atom. The highest BCUT2D eigenvalue weighted by Gasteiger charge is 2.61. The van der Waals surface area contributed by atoms with E-state index >= 15 is 0 Å². The minimum Gasteiger partial charge on any atom is -0.462 e. The van der Waals surface area contributed by atoms with Crippen molar-refractivity contribution in [2.24, 2.45) is 23.7 Å². The number of ether oxygens (including phenoxy) is 1. The van der Waals surface area contributed by atoms with Crippen LogP contribution in [0.2, 0.25) is 0 Å². The molecule has 0 aromatic heterocycles. The number of imide groups is 1. The molecule has 1 saturated heterocycles. The second-order valence-corrected chi connectivity index (χ2v) is 6.67. The van der Waals surface area contributed by atoms with Crippen LogP contribution in [-0.4, -0.2) is 24.4 Å². The average molecular weight is 313 g/mol. The molecule has 120 valence electrons. The zero-order valence-corrected chi connectivity index (χ0v) is 13.0. The highest BCUT2D eigenvalue weighted by atomic mass is 16.5. The van der Waals surface area contributed by atoms with E-state index < -0.39 is 5.97 Å². The second-order valence-electron chi connectivity index (χ2n) is 6.67. The first-order chi connectivity index (χ1) is 11.1. The molecule has 5 nitrogen and oxygen atoms in total. The predicted molar refractivity (Wildman–Crippen MR) is 82.7 cm³/mol. The summed E-state index contributed by atoms with van der Waals surface area (Å²) < 4.78 is 4.99. The van der Waals surface area contributed by atoms with Gasteiger partial charge in [0.2, 0.25) is 11.8 Å². The highest BCUT2D eigenvalue weighted by Crippen LogP contribution is 2.56. The van der Waals surface area contributed by atoms with E-state index in [-0.39, 0.29) is 30.3 Å². The summed E-state index contributed by atoms with van der Waals surface area (Å²) in [6.07, 6.45) is 3.13. The summed E-state index contributed by atoms with van der Waals surface area (Å²) in [6.45, 7) is 2.03. The third-order valence-corrected chi connectivity index (χ3v) is 5.54. The lowest BCUT2D eigenvalue weighted by atomic mass is 9.81. The van der Waals surface area contributed by atoms with Crippen molar-refractivity contribution < 1.29 is 19.1 Å². The van der Waals surface area contributed by atoms with Crippen molar-refractivity contribution in [2.45, 2.75) is 26.2 Å². The number of fused-ring (bicyclic) bond motifs is 5. The molecule has 0 N–H and O–H groups in total. The molecule has 0 spiro atoms. The van der Waals surface area contributed by atoms with Crippen molar-refractivity contribution in [3.05, 3.63) is 29.8 Å². The van der Waals surface area contributed by atoms with Crippen LogP contribution in [0, 0.1) is 23.7 Å². The highest BCUT2D eigenvalue weighted by molar-refractivity contribution is 6.22. The Morgan fingerprint density at radius 1 is 1.17 bits per heavy atom. The molecule has 2 aliphatic carbocycles.